The molecule has 2 aromatic rings. The van der Waals surface area contributed by atoms with Crippen molar-refractivity contribution in [3.8, 4) is 5.75 Å². The zero-order valence-electron chi connectivity index (χ0n) is 12.0. The summed E-state index contributed by atoms with van der Waals surface area (Å²) in [6.07, 6.45) is 3.53. The summed E-state index contributed by atoms with van der Waals surface area (Å²) in [7, 11) is 0. The average molecular weight is 336 g/mol. The molecular weight excluding hydrogens is 314 g/mol. The molecule has 20 heavy (non-hydrogen) atoms. The molecule has 0 atom stereocenters. The Hall–Kier alpha value is -1.06. The van der Waals surface area contributed by atoms with Gasteiger partial charge in [0.25, 0.3) is 0 Å². The van der Waals surface area contributed by atoms with E-state index >= 15 is 0 Å². The molecule has 1 N–H and O–H groups in total. The van der Waals surface area contributed by atoms with Crippen LogP contribution in [0.15, 0.2) is 40.9 Å². The van der Waals surface area contributed by atoms with Crippen LogP contribution in [-0.2, 0) is 0 Å². The smallest absolute Gasteiger partial charge is 0.134 e. The number of hydrogen-bond donors (Lipinski definition) is 1. The zero-order valence-corrected chi connectivity index (χ0v) is 13.6. The van der Waals surface area contributed by atoms with Crippen LogP contribution in [0.2, 0.25) is 0 Å². The molecule has 2 rings (SSSR count). The van der Waals surface area contributed by atoms with E-state index in [1.165, 1.54) is 23.6 Å². The summed E-state index contributed by atoms with van der Waals surface area (Å²) in [5.41, 5.74) is 0. The summed E-state index contributed by atoms with van der Waals surface area (Å²) in [4.78, 5) is 0. The molecule has 0 aliphatic heterocycles. The molecule has 2 nitrogen and oxygen atoms in total. The van der Waals surface area contributed by atoms with E-state index in [4.69, 9.17) is 4.74 Å². The highest BCUT2D eigenvalue weighted by Gasteiger charge is 2.05. The molecule has 0 saturated heterocycles. The third-order valence-electron chi connectivity index (χ3n) is 3.33. The van der Waals surface area contributed by atoms with Gasteiger partial charge in [-0.1, -0.05) is 37.3 Å². The lowest BCUT2D eigenvalue weighted by molar-refractivity contribution is 0.303. The summed E-state index contributed by atoms with van der Waals surface area (Å²) in [5.74, 6) is 0.940. The summed E-state index contributed by atoms with van der Waals surface area (Å²) in [5, 5.41) is 5.78. The van der Waals surface area contributed by atoms with Gasteiger partial charge in [-0.15, -0.1) is 0 Å². The molecular formula is C17H22BrNO. The van der Waals surface area contributed by atoms with Gasteiger partial charge < -0.3 is 10.1 Å². The molecule has 0 radical (unpaired) electrons. The van der Waals surface area contributed by atoms with E-state index in [0.29, 0.717) is 0 Å². The first-order chi connectivity index (χ1) is 9.83. The summed E-state index contributed by atoms with van der Waals surface area (Å²) in [6, 6.07) is 12.5. The Labute approximate surface area is 129 Å². The first-order valence-electron chi connectivity index (χ1n) is 7.33. The first kappa shape index (κ1) is 15.3. The fraction of sp³-hybridized carbons (Fsp3) is 0.412. The molecule has 0 amide bonds. The normalized spacial score (nSPS) is 10.9. The lowest BCUT2D eigenvalue weighted by Crippen LogP contribution is -2.14. The van der Waals surface area contributed by atoms with Crippen LogP contribution in [0.4, 0.5) is 0 Å². The minimum atomic E-state index is 0.781. The molecule has 0 aliphatic rings. The maximum atomic E-state index is 5.88. The highest BCUT2D eigenvalue weighted by atomic mass is 79.9. The van der Waals surface area contributed by atoms with E-state index in [1.807, 2.05) is 6.07 Å². The second-order valence-electron chi connectivity index (χ2n) is 4.86. The summed E-state index contributed by atoms with van der Waals surface area (Å²) >= 11 is 3.65. The number of benzene rings is 2. The first-order valence-corrected chi connectivity index (χ1v) is 8.13. The Morgan fingerprint density at radius 3 is 2.75 bits per heavy atom. The molecule has 2 aromatic carbocycles. The third-order valence-corrected chi connectivity index (χ3v) is 4.15. The van der Waals surface area contributed by atoms with Gasteiger partial charge in [-0.25, -0.2) is 0 Å². The third kappa shape index (κ3) is 4.22. The van der Waals surface area contributed by atoms with Gasteiger partial charge >= 0.3 is 0 Å². The van der Waals surface area contributed by atoms with Crippen molar-refractivity contribution in [1.82, 2.24) is 5.32 Å². The second kappa shape index (κ2) is 8.28. The van der Waals surface area contributed by atoms with Gasteiger partial charge in [-0.3, -0.25) is 0 Å². The van der Waals surface area contributed by atoms with Crippen LogP contribution in [0.25, 0.3) is 10.8 Å². The highest BCUT2D eigenvalue weighted by molar-refractivity contribution is 9.10. The Morgan fingerprint density at radius 1 is 1.05 bits per heavy atom. The van der Waals surface area contributed by atoms with Crippen molar-refractivity contribution in [3.63, 3.8) is 0 Å². The van der Waals surface area contributed by atoms with E-state index in [-0.39, 0.29) is 0 Å². The number of halogens is 1. The monoisotopic (exact) mass is 335 g/mol. The number of unbranched alkanes of at least 4 members (excludes halogenated alkanes) is 2. The highest BCUT2D eigenvalue weighted by Crippen LogP contribution is 2.33. The molecule has 108 valence electrons. The standard InChI is InChI=1S/C17H22BrNO/c1-2-19-12-6-3-7-13-20-16-11-10-14-8-4-5-9-15(14)17(16)18/h4-5,8-11,19H,2-3,6-7,12-13H2,1H3. The molecule has 0 aliphatic carbocycles. The van der Waals surface area contributed by atoms with E-state index in [9.17, 15) is 0 Å². The summed E-state index contributed by atoms with van der Waals surface area (Å²) < 4.78 is 6.94. The molecule has 0 spiro atoms. The van der Waals surface area contributed by atoms with Crippen LogP contribution in [0.3, 0.4) is 0 Å². The average Bonchev–Trinajstić information content (AvgIpc) is 2.49. The van der Waals surface area contributed by atoms with E-state index in [0.717, 1.165) is 36.3 Å². The fourth-order valence-corrected chi connectivity index (χ4v) is 2.82. The molecule has 0 bridgehead atoms. The summed E-state index contributed by atoms with van der Waals surface area (Å²) in [6.45, 7) is 5.08. The van der Waals surface area contributed by atoms with E-state index in [1.54, 1.807) is 0 Å². The van der Waals surface area contributed by atoms with Crippen LogP contribution < -0.4 is 10.1 Å². The molecule has 0 saturated carbocycles. The van der Waals surface area contributed by atoms with Crippen LogP contribution >= 0.6 is 15.9 Å². The van der Waals surface area contributed by atoms with Gasteiger partial charge in [0, 0.05) is 0 Å². The zero-order chi connectivity index (χ0) is 14.2. The Bertz CT molecular complexity index is 542. The van der Waals surface area contributed by atoms with Crippen molar-refractivity contribution in [2.24, 2.45) is 0 Å². The van der Waals surface area contributed by atoms with Crippen LogP contribution in [0.1, 0.15) is 26.2 Å². The molecule has 0 heterocycles. The van der Waals surface area contributed by atoms with Gasteiger partial charge in [0.1, 0.15) is 5.75 Å². The Kier molecular flexibility index (Phi) is 6.34. The topological polar surface area (TPSA) is 21.3 Å². The lowest BCUT2D eigenvalue weighted by Gasteiger charge is -2.10. The minimum Gasteiger partial charge on any atom is -0.492 e. The lowest BCUT2D eigenvalue weighted by atomic mass is 10.1. The number of hydrogen-bond acceptors (Lipinski definition) is 2. The van der Waals surface area contributed by atoms with Crippen molar-refractivity contribution in [1.29, 1.82) is 0 Å². The SMILES string of the molecule is CCNCCCCCOc1ccc2ccccc2c1Br. The maximum absolute atomic E-state index is 5.88. The quantitative estimate of drug-likeness (QED) is 0.702. The van der Waals surface area contributed by atoms with E-state index < -0.39 is 0 Å². The number of ether oxygens (including phenoxy) is 1. The number of rotatable bonds is 8. The maximum Gasteiger partial charge on any atom is 0.134 e. The Balaban J connectivity index is 1.83. The molecule has 0 fully saturated rings. The van der Waals surface area contributed by atoms with Crippen LogP contribution in [0.5, 0.6) is 5.75 Å². The fourth-order valence-electron chi connectivity index (χ4n) is 2.21. The molecule has 0 aromatic heterocycles. The van der Waals surface area contributed by atoms with Crippen LogP contribution in [-0.4, -0.2) is 19.7 Å². The minimum absolute atomic E-state index is 0.781. The van der Waals surface area contributed by atoms with Gasteiger partial charge in [-0.05, 0) is 65.1 Å². The van der Waals surface area contributed by atoms with Crippen molar-refractivity contribution >= 4 is 26.7 Å². The molecule has 0 unspecified atom stereocenters. The second-order valence-corrected chi connectivity index (χ2v) is 5.65. The van der Waals surface area contributed by atoms with Gasteiger partial charge in [-0.2, -0.15) is 0 Å². The number of fused-ring (bicyclic) bond motifs is 1. The van der Waals surface area contributed by atoms with Crippen molar-refractivity contribution in [3.05, 3.63) is 40.9 Å². The Morgan fingerprint density at radius 2 is 1.90 bits per heavy atom. The van der Waals surface area contributed by atoms with Crippen molar-refractivity contribution in [2.45, 2.75) is 26.2 Å². The predicted octanol–water partition coefficient (Wildman–Crippen LogP) is 4.76. The number of nitrogens with one attached hydrogen (secondary N) is 1. The van der Waals surface area contributed by atoms with Gasteiger partial charge in [0.15, 0.2) is 0 Å². The molecule has 3 heteroatoms. The largest absolute Gasteiger partial charge is 0.492 e. The predicted molar refractivity (Wildman–Crippen MR) is 89.5 cm³/mol. The van der Waals surface area contributed by atoms with Crippen LogP contribution in [0, 0.1) is 0 Å². The van der Waals surface area contributed by atoms with E-state index in [2.05, 4.69) is 58.5 Å². The van der Waals surface area contributed by atoms with Gasteiger partial charge in [0.2, 0.25) is 0 Å². The van der Waals surface area contributed by atoms with Crippen molar-refractivity contribution < 1.29 is 4.74 Å². The van der Waals surface area contributed by atoms with Crippen molar-refractivity contribution in [2.75, 3.05) is 19.7 Å². The van der Waals surface area contributed by atoms with Gasteiger partial charge in [0.05, 0.1) is 11.1 Å².